The van der Waals surface area contributed by atoms with Crippen molar-refractivity contribution in [3.63, 3.8) is 0 Å². The number of hydrogen-bond acceptors (Lipinski definition) is 1. The summed E-state index contributed by atoms with van der Waals surface area (Å²) in [5, 5.41) is 0. The molecular formula is C16H22O. The minimum Gasteiger partial charge on any atom is -0.497 e. The van der Waals surface area contributed by atoms with Gasteiger partial charge >= 0.3 is 0 Å². The summed E-state index contributed by atoms with van der Waals surface area (Å²) < 4.78 is 5.29. The molecule has 0 aliphatic heterocycles. The van der Waals surface area contributed by atoms with Crippen LogP contribution in [-0.4, -0.2) is 7.11 Å². The molecule has 0 spiro atoms. The van der Waals surface area contributed by atoms with Crippen molar-refractivity contribution in [2.75, 3.05) is 7.11 Å². The molecule has 0 saturated heterocycles. The number of hydrogen-bond donors (Lipinski definition) is 0. The van der Waals surface area contributed by atoms with Gasteiger partial charge < -0.3 is 4.74 Å². The van der Waals surface area contributed by atoms with Crippen molar-refractivity contribution >= 4 is 0 Å². The van der Waals surface area contributed by atoms with E-state index in [1.165, 1.54) is 37.7 Å². The summed E-state index contributed by atoms with van der Waals surface area (Å²) in [4.78, 5) is 0. The van der Waals surface area contributed by atoms with Gasteiger partial charge in [0, 0.05) is 5.92 Å². The second kappa shape index (κ2) is 5.90. The fourth-order valence-corrected chi connectivity index (χ4v) is 2.43. The molecule has 0 aromatic heterocycles. The maximum absolute atomic E-state index is 5.29. The summed E-state index contributed by atoms with van der Waals surface area (Å²) in [6.45, 7) is 2.25. The van der Waals surface area contributed by atoms with Gasteiger partial charge in [0.25, 0.3) is 0 Å². The maximum Gasteiger partial charge on any atom is 0.119 e. The average Bonchev–Trinajstić information content (AvgIpc) is 2.33. The monoisotopic (exact) mass is 230 g/mol. The molecule has 1 aromatic carbocycles. The van der Waals surface area contributed by atoms with Crippen LogP contribution in [0.15, 0.2) is 35.9 Å². The number of benzene rings is 1. The van der Waals surface area contributed by atoms with Crippen LogP contribution >= 0.6 is 0 Å². The molecule has 1 aliphatic carbocycles. The predicted octanol–water partition coefficient (Wildman–Crippen LogP) is 4.69. The average molecular weight is 230 g/mol. The molecular weight excluding hydrogens is 208 g/mol. The van der Waals surface area contributed by atoms with Crippen molar-refractivity contribution < 1.29 is 4.74 Å². The van der Waals surface area contributed by atoms with Crippen LogP contribution in [0.5, 0.6) is 5.75 Å². The van der Waals surface area contributed by atoms with Crippen molar-refractivity contribution in [1.29, 1.82) is 0 Å². The van der Waals surface area contributed by atoms with Crippen LogP contribution in [0.1, 0.15) is 50.5 Å². The van der Waals surface area contributed by atoms with Crippen molar-refractivity contribution in [2.24, 2.45) is 0 Å². The first kappa shape index (κ1) is 12.2. The van der Waals surface area contributed by atoms with Crippen LogP contribution in [0, 0.1) is 0 Å². The summed E-state index contributed by atoms with van der Waals surface area (Å²) >= 11 is 0. The Balaban J connectivity index is 2.04. The van der Waals surface area contributed by atoms with Crippen LogP contribution in [0.4, 0.5) is 0 Å². The van der Waals surface area contributed by atoms with Gasteiger partial charge in [-0.15, -0.1) is 0 Å². The number of methoxy groups -OCH3 is 1. The highest BCUT2D eigenvalue weighted by Crippen LogP contribution is 2.42. The van der Waals surface area contributed by atoms with Crippen LogP contribution in [0.2, 0.25) is 0 Å². The molecule has 0 heterocycles. The van der Waals surface area contributed by atoms with E-state index >= 15 is 0 Å². The minimum atomic E-state index is 0.655. The standard InChI is InChI=1S/C16H22O/c1-3-4-5-7-13-10-11-16(13)14-8-6-9-15(12-14)17-2/h6-9,12,16H,3-5,10-11H2,1-2H3/b13-7+. The largest absolute Gasteiger partial charge is 0.497 e. The Morgan fingerprint density at radius 2 is 2.29 bits per heavy atom. The van der Waals surface area contributed by atoms with Gasteiger partial charge in [0.05, 0.1) is 7.11 Å². The van der Waals surface area contributed by atoms with Gasteiger partial charge in [-0.2, -0.15) is 0 Å². The fourth-order valence-electron chi connectivity index (χ4n) is 2.43. The highest BCUT2D eigenvalue weighted by Gasteiger charge is 2.25. The van der Waals surface area contributed by atoms with Gasteiger partial charge in [-0.3, -0.25) is 0 Å². The highest BCUT2D eigenvalue weighted by atomic mass is 16.5. The maximum atomic E-state index is 5.29. The molecule has 0 bridgehead atoms. The Labute approximate surface area is 104 Å². The number of unbranched alkanes of at least 4 members (excludes halogenated alkanes) is 2. The lowest BCUT2D eigenvalue weighted by Gasteiger charge is -2.31. The van der Waals surface area contributed by atoms with Gasteiger partial charge in [-0.25, -0.2) is 0 Å². The molecule has 0 amide bonds. The molecule has 0 radical (unpaired) electrons. The Hall–Kier alpha value is -1.24. The van der Waals surface area contributed by atoms with Gasteiger partial charge in [-0.1, -0.05) is 43.5 Å². The van der Waals surface area contributed by atoms with E-state index < -0.39 is 0 Å². The lowest BCUT2D eigenvalue weighted by atomic mass is 9.74. The van der Waals surface area contributed by atoms with Gasteiger partial charge in [0.2, 0.25) is 0 Å². The van der Waals surface area contributed by atoms with E-state index in [0.717, 1.165) is 5.75 Å². The van der Waals surface area contributed by atoms with Crippen molar-refractivity contribution in [1.82, 2.24) is 0 Å². The summed E-state index contributed by atoms with van der Waals surface area (Å²) in [6, 6.07) is 8.51. The van der Waals surface area contributed by atoms with E-state index in [1.807, 2.05) is 6.07 Å². The van der Waals surface area contributed by atoms with Crippen molar-refractivity contribution in [3.05, 3.63) is 41.5 Å². The molecule has 1 nitrogen and oxygen atoms in total. The molecule has 1 fully saturated rings. The van der Waals surface area contributed by atoms with E-state index in [1.54, 1.807) is 12.7 Å². The van der Waals surface area contributed by atoms with Crippen molar-refractivity contribution in [2.45, 2.75) is 44.9 Å². The molecule has 2 rings (SSSR count). The lowest BCUT2D eigenvalue weighted by molar-refractivity contribution is 0.413. The zero-order chi connectivity index (χ0) is 12.1. The predicted molar refractivity (Wildman–Crippen MR) is 72.6 cm³/mol. The third kappa shape index (κ3) is 2.91. The SMILES string of the molecule is CCCC/C=C1\CCC1c1cccc(OC)c1. The normalized spacial score (nSPS) is 21.3. The quantitative estimate of drug-likeness (QED) is 0.526. The van der Waals surface area contributed by atoms with Gasteiger partial charge in [-0.05, 0) is 37.0 Å². The number of rotatable bonds is 5. The van der Waals surface area contributed by atoms with Crippen LogP contribution < -0.4 is 4.74 Å². The third-order valence-electron chi connectivity index (χ3n) is 3.63. The number of ether oxygens (including phenoxy) is 1. The Morgan fingerprint density at radius 1 is 1.41 bits per heavy atom. The third-order valence-corrected chi connectivity index (χ3v) is 3.63. The van der Waals surface area contributed by atoms with Crippen LogP contribution in [0.25, 0.3) is 0 Å². The Morgan fingerprint density at radius 3 is 2.94 bits per heavy atom. The molecule has 1 heteroatoms. The van der Waals surface area contributed by atoms with Crippen molar-refractivity contribution in [3.8, 4) is 5.75 Å². The van der Waals surface area contributed by atoms with E-state index in [4.69, 9.17) is 4.74 Å². The Kier molecular flexibility index (Phi) is 4.24. The second-order valence-electron chi connectivity index (χ2n) is 4.79. The minimum absolute atomic E-state index is 0.655. The molecule has 1 aromatic rings. The second-order valence-corrected chi connectivity index (χ2v) is 4.79. The molecule has 17 heavy (non-hydrogen) atoms. The zero-order valence-corrected chi connectivity index (χ0v) is 10.9. The molecule has 0 N–H and O–H groups in total. The summed E-state index contributed by atoms with van der Waals surface area (Å²) in [7, 11) is 1.73. The first-order valence-corrected chi connectivity index (χ1v) is 6.68. The Bertz CT molecular complexity index is 392. The lowest BCUT2D eigenvalue weighted by Crippen LogP contribution is -2.13. The summed E-state index contributed by atoms with van der Waals surface area (Å²) in [6.07, 6.45) is 8.88. The molecule has 1 unspecified atom stereocenters. The molecule has 92 valence electrons. The van der Waals surface area contributed by atoms with Gasteiger partial charge in [0.15, 0.2) is 0 Å². The first-order valence-electron chi connectivity index (χ1n) is 6.68. The smallest absolute Gasteiger partial charge is 0.119 e. The highest BCUT2D eigenvalue weighted by molar-refractivity contribution is 5.38. The molecule has 1 atom stereocenters. The fraction of sp³-hybridized carbons (Fsp3) is 0.500. The van der Waals surface area contributed by atoms with E-state index in [2.05, 4.69) is 31.2 Å². The van der Waals surface area contributed by atoms with Crippen LogP contribution in [-0.2, 0) is 0 Å². The molecule has 1 saturated carbocycles. The van der Waals surface area contributed by atoms with E-state index in [-0.39, 0.29) is 0 Å². The van der Waals surface area contributed by atoms with Crippen LogP contribution in [0.3, 0.4) is 0 Å². The topological polar surface area (TPSA) is 9.23 Å². The number of allylic oxidation sites excluding steroid dienone is 2. The van der Waals surface area contributed by atoms with E-state index in [0.29, 0.717) is 5.92 Å². The first-order chi connectivity index (χ1) is 8.35. The summed E-state index contributed by atoms with van der Waals surface area (Å²) in [5.41, 5.74) is 3.05. The van der Waals surface area contributed by atoms with E-state index in [9.17, 15) is 0 Å². The van der Waals surface area contributed by atoms with Gasteiger partial charge in [0.1, 0.15) is 5.75 Å². The zero-order valence-electron chi connectivity index (χ0n) is 10.9. The molecule has 1 aliphatic rings. The summed E-state index contributed by atoms with van der Waals surface area (Å²) in [5.74, 6) is 1.63.